The van der Waals surface area contributed by atoms with Crippen LogP contribution in [0.25, 0.3) is 11.2 Å². The second kappa shape index (κ2) is 6.54. The van der Waals surface area contributed by atoms with Crippen molar-refractivity contribution in [1.82, 2.24) is 18.7 Å². The number of anilines is 1. The zero-order valence-corrected chi connectivity index (χ0v) is 14.9. The Balaban J connectivity index is 2.30. The van der Waals surface area contributed by atoms with E-state index in [1.54, 1.807) is 18.1 Å². The van der Waals surface area contributed by atoms with Crippen molar-refractivity contribution in [2.75, 3.05) is 11.6 Å². The number of imidazole rings is 1. The summed E-state index contributed by atoms with van der Waals surface area (Å²) in [6.07, 6.45) is 7.51. The standard InChI is InChI=1S/C17H22N6O2/c1-5-7-9-21-15(24)13-14(20(4)17(21)25)18-16-22(13)11-12(3)19-23(16)10-8-6-2/h5-8H,9-11H2,1-4H3/b7-5+,8-6+. The number of hydrazone groups is 1. The molecule has 0 saturated heterocycles. The maximum atomic E-state index is 13.0. The van der Waals surface area contributed by atoms with Crippen LogP contribution in [0.2, 0.25) is 0 Å². The van der Waals surface area contributed by atoms with Crippen LogP contribution in [0.5, 0.6) is 0 Å². The Bertz CT molecular complexity index is 1020. The number of aryl methyl sites for hydroxylation is 1. The van der Waals surface area contributed by atoms with Gasteiger partial charge in [-0.2, -0.15) is 10.1 Å². The molecule has 0 atom stereocenters. The van der Waals surface area contributed by atoms with Gasteiger partial charge in [0.2, 0.25) is 5.95 Å². The van der Waals surface area contributed by atoms with E-state index in [1.165, 1.54) is 9.13 Å². The molecule has 1 aliphatic rings. The van der Waals surface area contributed by atoms with E-state index in [2.05, 4.69) is 10.1 Å². The number of hydrogen-bond donors (Lipinski definition) is 0. The van der Waals surface area contributed by atoms with Crippen molar-refractivity contribution >= 4 is 22.8 Å². The average molecular weight is 342 g/mol. The smallest absolute Gasteiger partial charge is 0.297 e. The van der Waals surface area contributed by atoms with Crippen LogP contribution in [-0.2, 0) is 20.1 Å². The molecule has 8 heteroatoms. The number of aromatic nitrogens is 4. The monoisotopic (exact) mass is 342 g/mol. The molecule has 1 aliphatic heterocycles. The maximum Gasteiger partial charge on any atom is 0.332 e. The third-order valence-corrected chi connectivity index (χ3v) is 4.16. The highest BCUT2D eigenvalue weighted by Crippen LogP contribution is 2.23. The zero-order chi connectivity index (χ0) is 18.1. The van der Waals surface area contributed by atoms with Crippen LogP contribution in [0, 0.1) is 0 Å². The van der Waals surface area contributed by atoms with Crippen molar-refractivity contribution in [1.29, 1.82) is 0 Å². The lowest BCUT2D eigenvalue weighted by molar-refractivity contribution is 0.663. The first-order chi connectivity index (χ1) is 12.0. The molecule has 0 radical (unpaired) electrons. The first kappa shape index (κ1) is 16.9. The van der Waals surface area contributed by atoms with Gasteiger partial charge in [0.25, 0.3) is 5.56 Å². The average Bonchev–Trinajstić information content (AvgIpc) is 2.97. The fourth-order valence-corrected chi connectivity index (χ4v) is 2.92. The van der Waals surface area contributed by atoms with E-state index >= 15 is 0 Å². The zero-order valence-electron chi connectivity index (χ0n) is 14.9. The Morgan fingerprint density at radius 3 is 2.48 bits per heavy atom. The van der Waals surface area contributed by atoms with Crippen LogP contribution in [-0.4, -0.2) is 30.9 Å². The van der Waals surface area contributed by atoms with Gasteiger partial charge in [0.05, 0.1) is 18.8 Å². The fourth-order valence-electron chi connectivity index (χ4n) is 2.92. The van der Waals surface area contributed by atoms with Crippen LogP contribution in [0.15, 0.2) is 39.0 Å². The van der Waals surface area contributed by atoms with Crippen molar-refractivity contribution < 1.29 is 0 Å². The lowest BCUT2D eigenvalue weighted by atomic mass is 10.3. The molecule has 0 aromatic carbocycles. The summed E-state index contributed by atoms with van der Waals surface area (Å²) in [7, 11) is 1.64. The van der Waals surface area contributed by atoms with E-state index < -0.39 is 0 Å². The largest absolute Gasteiger partial charge is 0.332 e. The SMILES string of the molecule is C/C=C/CN1N=C(C)Cn2c1nc1c2c(=O)n(C/C=C/C)c(=O)n1C. The van der Waals surface area contributed by atoms with Crippen LogP contribution >= 0.6 is 0 Å². The minimum atomic E-state index is -0.372. The Morgan fingerprint density at radius 1 is 1.12 bits per heavy atom. The molecule has 2 aromatic rings. The fraction of sp³-hybridized carbons (Fsp3) is 0.412. The van der Waals surface area contributed by atoms with Gasteiger partial charge in [0.1, 0.15) is 0 Å². The Kier molecular flexibility index (Phi) is 4.43. The summed E-state index contributed by atoms with van der Waals surface area (Å²) in [5.74, 6) is 0.578. The van der Waals surface area contributed by atoms with E-state index in [4.69, 9.17) is 0 Å². The number of nitrogens with zero attached hydrogens (tertiary/aromatic N) is 6. The van der Waals surface area contributed by atoms with Gasteiger partial charge in [0, 0.05) is 13.6 Å². The molecule has 0 aliphatic carbocycles. The van der Waals surface area contributed by atoms with E-state index in [0.717, 1.165) is 5.71 Å². The predicted molar refractivity (Wildman–Crippen MR) is 99.3 cm³/mol. The molecule has 0 saturated carbocycles. The third kappa shape index (κ3) is 2.73. The van der Waals surface area contributed by atoms with Gasteiger partial charge in [-0.05, 0) is 20.8 Å². The van der Waals surface area contributed by atoms with Gasteiger partial charge >= 0.3 is 5.69 Å². The molecule has 0 amide bonds. The predicted octanol–water partition coefficient (Wildman–Crippen LogP) is 1.24. The second-order valence-corrected chi connectivity index (χ2v) is 5.98. The number of fused-ring (bicyclic) bond motifs is 3. The van der Waals surface area contributed by atoms with Gasteiger partial charge in [-0.25, -0.2) is 9.80 Å². The number of hydrogen-bond acceptors (Lipinski definition) is 5. The highest BCUT2D eigenvalue weighted by atomic mass is 16.2. The Hall–Kier alpha value is -2.90. The second-order valence-electron chi connectivity index (χ2n) is 5.98. The van der Waals surface area contributed by atoms with E-state index in [9.17, 15) is 9.59 Å². The molecule has 3 heterocycles. The Morgan fingerprint density at radius 2 is 1.80 bits per heavy atom. The lowest BCUT2D eigenvalue weighted by Gasteiger charge is -2.23. The van der Waals surface area contributed by atoms with Crippen molar-refractivity contribution in [2.24, 2.45) is 12.1 Å². The van der Waals surface area contributed by atoms with Gasteiger partial charge in [-0.1, -0.05) is 24.3 Å². The first-order valence-electron chi connectivity index (χ1n) is 8.23. The van der Waals surface area contributed by atoms with Crippen molar-refractivity contribution in [3.05, 3.63) is 45.1 Å². The van der Waals surface area contributed by atoms with Crippen LogP contribution in [0.1, 0.15) is 20.8 Å². The normalized spacial score (nSPS) is 14.7. The quantitative estimate of drug-likeness (QED) is 0.784. The summed E-state index contributed by atoms with van der Waals surface area (Å²) in [5, 5.41) is 6.27. The van der Waals surface area contributed by atoms with Crippen molar-refractivity contribution in [3.63, 3.8) is 0 Å². The van der Waals surface area contributed by atoms with Crippen molar-refractivity contribution in [2.45, 2.75) is 33.9 Å². The summed E-state index contributed by atoms with van der Waals surface area (Å²) in [6, 6.07) is 0. The molecular weight excluding hydrogens is 320 g/mol. The van der Waals surface area contributed by atoms with E-state index in [0.29, 0.717) is 30.2 Å². The van der Waals surface area contributed by atoms with Gasteiger partial charge in [-0.3, -0.25) is 18.5 Å². The van der Waals surface area contributed by atoms with Crippen LogP contribution in [0.3, 0.4) is 0 Å². The third-order valence-electron chi connectivity index (χ3n) is 4.16. The summed E-state index contributed by atoms with van der Waals surface area (Å²) >= 11 is 0. The molecule has 0 bridgehead atoms. The number of rotatable bonds is 4. The molecule has 8 nitrogen and oxygen atoms in total. The summed E-state index contributed by atoms with van der Waals surface area (Å²) in [4.78, 5) is 30.0. The van der Waals surface area contributed by atoms with Gasteiger partial charge in [0.15, 0.2) is 11.2 Å². The molecule has 0 unspecified atom stereocenters. The van der Waals surface area contributed by atoms with Gasteiger partial charge in [-0.15, -0.1) is 0 Å². The first-order valence-corrected chi connectivity index (χ1v) is 8.23. The molecule has 3 rings (SSSR count). The maximum absolute atomic E-state index is 13.0. The van der Waals surface area contributed by atoms with E-state index in [-0.39, 0.29) is 17.8 Å². The minimum absolute atomic E-state index is 0.244. The van der Waals surface area contributed by atoms with Crippen molar-refractivity contribution in [3.8, 4) is 0 Å². The molecule has 0 spiro atoms. The molecule has 0 fully saturated rings. The highest BCUT2D eigenvalue weighted by molar-refractivity contribution is 5.87. The number of allylic oxidation sites excluding steroid dienone is 3. The molecule has 0 N–H and O–H groups in total. The molecule has 2 aromatic heterocycles. The summed E-state index contributed by atoms with van der Waals surface area (Å²) in [5.41, 5.74) is 1.00. The topological polar surface area (TPSA) is 77.4 Å². The van der Waals surface area contributed by atoms with E-state index in [1.807, 2.05) is 43.6 Å². The summed E-state index contributed by atoms with van der Waals surface area (Å²) in [6.45, 7) is 6.99. The Labute approximate surface area is 145 Å². The molecule has 132 valence electrons. The lowest BCUT2D eigenvalue weighted by Crippen LogP contribution is -2.39. The summed E-state index contributed by atoms with van der Waals surface area (Å²) < 4.78 is 4.50. The van der Waals surface area contributed by atoms with Crippen LogP contribution in [0.4, 0.5) is 5.95 Å². The van der Waals surface area contributed by atoms with Crippen LogP contribution < -0.4 is 16.3 Å². The minimum Gasteiger partial charge on any atom is -0.297 e. The molecule has 25 heavy (non-hydrogen) atoms. The molecular formula is C17H22N6O2. The van der Waals surface area contributed by atoms with Gasteiger partial charge < -0.3 is 0 Å². The highest BCUT2D eigenvalue weighted by Gasteiger charge is 2.25.